The third kappa shape index (κ3) is 3.95. The standard InChI is InChI=1S/C8H8F3N3O.C2H6/c9-8(10,11)4-1-2-5(6(12)3-4)7(15)14-13;1-2/h1-3H,12-13H2,(H,14,15);1-2H3. The van der Waals surface area contributed by atoms with Crippen LogP contribution in [-0.2, 0) is 6.18 Å². The molecule has 0 saturated carbocycles. The van der Waals surface area contributed by atoms with Crippen LogP contribution in [0.4, 0.5) is 18.9 Å². The molecular formula is C10H14F3N3O. The Morgan fingerprint density at radius 1 is 1.29 bits per heavy atom. The number of nitrogens with two attached hydrogens (primary N) is 2. The average molecular weight is 249 g/mol. The molecule has 0 aliphatic rings. The maximum absolute atomic E-state index is 12.2. The van der Waals surface area contributed by atoms with Crippen molar-refractivity contribution < 1.29 is 18.0 Å². The van der Waals surface area contributed by atoms with Crippen molar-refractivity contribution >= 4 is 11.6 Å². The Kier molecular flexibility index (Phi) is 5.46. The van der Waals surface area contributed by atoms with E-state index in [0.717, 1.165) is 12.1 Å². The van der Waals surface area contributed by atoms with Crippen LogP contribution in [0, 0.1) is 0 Å². The van der Waals surface area contributed by atoms with Crippen molar-refractivity contribution in [3.8, 4) is 0 Å². The summed E-state index contributed by atoms with van der Waals surface area (Å²) in [5.41, 5.74) is 5.79. The first-order valence-electron chi connectivity index (χ1n) is 4.84. The third-order valence-electron chi connectivity index (χ3n) is 1.75. The Morgan fingerprint density at radius 3 is 2.18 bits per heavy atom. The Bertz CT molecular complexity index is 391. The molecule has 1 aromatic rings. The van der Waals surface area contributed by atoms with E-state index in [1.165, 1.54) is 0 Å². The van der Waals surface area contributed by atoms with Gasteiger partial charge >= 0.3 is 6.18 Å². The van der Waals surface area contributed by atoms with Crippen molar-refractivity contribution in [2.75, 3.05) is 5.73 Å². The van der Waals surface area contributed by atoms with Gasteiger partial charge in [0.25, 0.3) is 5.91 Å². The molecule has 0 atom stereocenters. The fraction of sp³-hybridized carbons (Fsp3) is 0.300. The average Bonchev–Trinajstić information content (AvgIpc) is 2.29. The Morgan fingerprint density at radius 2 is 1.82 bits per heavy atom. The summed E-state index contributed by atoms with van der Waals surface area (Å²) in [5, 5.41) is 0. The second-order valence-corrected chi connectivity index (χ2v) is 2.77. The molecule has 0 aromatic heterocycles. The van der Waals surface area contributed by atoms with E-state index >= 15 is 0 Å². The van der Waals surface area contributed by atoms with E-state index in [1.54, 1.807) is 5.43 Å². The summed E-state index contributed by atoms with van der Waals surface area (Å²) in [6, 6.07) is 2.42. The molecule has 1 rings (SSSR count). The van der Waals surface area contributed by atoms with Crippen LogP contribution < -0.4 is 17.0 Å². The molecular weight excluding hydrogens is 235 g/mol. The number of rotatable bonds is 1. The minimum atomic E-state index is -4.48. The lowest BCUT2D eigenvalue weighted by Gasteiger charge is -2.09. The van der Waals surface area contributed by atoms with Crippen molar-refractivity contribution in [3.63, 3.8) is 0 Å². The molecule has 0 aliphatic heterocycles. The van der Waals surface area contributed by atoms with Crippen molar-refractivity contribution in [3.05, 3.63) is 29.3 Å². The maximum Gasteiger partial charge on any atom is 0.416 e. The SMILES string of the molecule is CC.NNC(=O)c1ccc(C(F)(F)F)cc1N. The van der Waals surface area contributed by atoms with Crippen LogP contribution in [0.3, 0.4) is 0 Å². The fourth-order valence-corrected chi connectivity index (χ4v) is 1.02. The largest absolute Gasteiger partial charge is 0.416 e. The first kappa shape index (κ1) is 15.2. The molecule has 0 radical (unpaired) electrons. The number of nitrogens with one attached hydrogen (secondary N) is 1. The minimum Gasteiger partial charge on any atom is -0.398 e. The van der Waals surface area contributed by atoms with Crippen LogP contribution in [0.2, 0.25) is 0 Å². The number of halogens is 3. The number of carbonyl (C=O) groups excluding carboxylic acids is 1. The number of nitrogen functional groups attached to an aromatic ring is 2. The van der Waals surface area contributed by atoms with Crippen LogP contribution in [0.5, 0.6) is 0 Å². The Hall–Kier alpha value is -1.76. The molecule has 0 bridgehead atoms. The second-order valence-electron chi connectivity index (χ2n) is 2.77. The van der Waals surface area contributed by atoms with E-state index in [1.807, 2.05) is 13.8 Å². The molecule has 17 heavy (non-hydrogen) atoms. The van der Waals surface area contributed by atoms with Crippen LogP contribution in [0.25, 0.3) is 0 Å². The van der Waals surface area contributed by atoms with Crippen LogP contribution in [0.15, 0.2) is 18.2 Å². The first-order chi connectivity index (χ1) is 7.86. The molecule has 0 spiro atoms. The van der Waals surface area contributed by atoms with E-state index in [9.17, 15) is 18.0 Å². The molecule has 7 heteroatoms. The van der Waals surface area contributed by atoms with Gasteiger partial charge in [-0.2, -0.15) is 13.2 Å². The molecule has 0 aliphatic carbocycles. The van der Waals surface area contributed by atoms with E-state index in [-0.39, 0.29) is 11.3 Å². The number of hydrogen-bond donors (Lipinski definition) is 3. The molecule has 0 saturated heterocycles. The highest BCUT2D eigenvalue weighted by Crippen LogP contribution is 2.31. The summed E-state index contributed by atoms with van der Waals surface area (Å²) in [4.78, 5) is 11.0. The molecule has 96 valence electrons. The lowest BCUT2D eigenvalue weighted by Crippen LogP contribution is -2.30. The van der Waals surface area contributed by atoms with Crippen molar-refractivity contribution in [1.82, 2.24) is 5.43 Å². The van der Waals surface area contributed by atoms with E-state index in [2.05, 4.69) is 0 Å². The van der Waals surface area contributed by atoms with Crippen LogP contribution >= 0.6 is 0 Å². The van der Waals surface area contributed by atoms with Crippen molar-refractivity contribution in [1.29, 1.82) is 0 Å². The van der Waals surface area contributed by atoms with Crippen molar-refractivity contribution in [2.24, 2.45) is 5.84 Å². The van der Waals surface area contributed by atoms with Gasteiger partial charge in [-0.25, -0.2) is 5.84 Å². The van der Waals surface area contributed by atoms with E-state index in [4.69, 9.17) is 11.6 Å². The zero-order chi connectivity index (χ0) is 13.6. The van der Waals surface area contributed by atoms with E-state index < -0.39 is 17.6 Å². The highest BCUT2D eigenvalue weighted by Gasteiger charge is 2.31. The van der Waals surface area contributed by atoms with Gasteiger partial charge in [0.1, 0.15) is 0 Å². The van der Waals surface area contributed by atoms with Gasteiger partial charge in [-0.1, -0.05) is 13.8 Å². The topological polar surface area (TPSA) is 81.1 Å². The normalized spacial score (nSPS) is 10.2. The number of benzene rings is 1. The second kappa shape index (κ2) is 6.09. The maximum atomic E-state index is 12.2. The summed E-state index contributed by atoms with van der Waals surface area (Å²) < 4.78 is 36.6. The molecule has 4 nitrogen and oxygen atoms in total. The first-order valence-corrected chi connectivity index (χ1v) is 4.84. The molecule has 0 fully saturated rings. The summed E-state index contributed by atoms with van der Waals surface area (Å²) in [5.74, 6) is 4.08. The van der Waals surface area contributed by atoms with E-state index in [0.29, 0.717) is 6.07 Å². The Balaban J connectivity index is 0.00000121. The summed E-state index contributed by atoms with van der Waals surface area (Å²) in [7, 11) is 0. The smallest absolute Gasteiger partial charge is 0.398 e. The summed E-state index contributed by atoms with van der Waals surface area (Å²) in [6.45, 7) is 4.00. The monoisotopic (exact) mass is 249 g/mol. The summed E-state index contributed by atoms with van der Waals surface area (Å²) in [6.07, 6.45) is -4.48. The highest BCUT2D eigenvalue weighted by molar-refractivity contribution is 5.98. The predicted molar refractivity (Wildman–Crippen MR) is 58.9 cm³/mol. The molecule has 0 unspecified atom stereocenters. The van der Waals surface area contributed by atoms with Crippen LogP contribution in [-0.4, -0.2) is 5.91 Å². The van der Waals surface area contributed by atoms with Crippen molar-refractivity contribution in [2.45, 2.75) is 20.0 Å². The fourth-order valence-electron chi connectivity index (χ4n) is 1.02. The lowest BCUT2D eigenvalue weighted by molar-refractivity contribution is -0.137. The minimum absolute atomic E-state index is 0.0921. The molecule has 1 aromatic carbocycles. The number of amides is 1. The number of hydrogen-bond acceptors (Lipinski definition) is 3. The van der Waals surface area contributed by atoms with Gasteiger partial charge < -0.3 is 5.73 Å². The van der Waals surface area contributed by atoms with Gasteiger partial charge in [-0.15, -0.1) is 0 Å². The Labute approximate surface area is 96.8 Å². The number of hydrazine groups is 1. The summed E-state index contributed by atoms with van der Waals surface area (Å²) >= 11 is 0. The third-order valence-corrected chi connectivity index (χ3v) is 1.75. The molecule has 5 N–H and O–H groups in total. The number of carbonyl (C=O) groups is 1. The lowest BCUT2D eigenvalue weighted by atomic mass is 10.1. The zero-order valence-electron chi connectivity index (χ0n) is 9.43. The van der Waals surface area contributed by atoms with Gasteiger partial charge in [0, 0.05) is 5.69 Å². The molecule has 0 heterocycles. The van der Waals surface area contributed by atoms with Crippen LogP contribution in [0.1, 0.15) is 29.8 Å². The molecule has 1 amide bonds. The van der Waals surface area contributed by atoms with Gasteiger partial charge in [0.05, 0.1) is 11.1 Å². The van der Waals surface area contributed by atoms with Gasteiger partial charge in [-0.05, 0) is 18.2 Å². The predicted octanol–water partition coefficient (Wildman–Crippen LogP) is 1.92. The number of alkyl halides is 3. The highest BCUT2D eigenvalue weighted by atomic mass is 19.4. The van der Waals surface area contributed by atoms with Gasteiger partial charge in [0.2, 0.25) is 0 Å². The quantitative estimate of drug-likeness (QED) is 0.308. The zero-order valence-corrected chi connectivity index (χ0v) is 9.43. The number of anilines is 1. The van der Waals surface area contributed by atoms with Gasteiger partial charge in [0.15, 0.2) is 0 Å². The van der Waals surface area contributed by atoms with Gasteiger partial charge in [-0.3, -0.25) is 10.2 Å².